The Morgan fingerprint density at radius 1 is 1.24 bits per heavy atom. The van der Waals surface area contributed by atoms with Gasteiger partial charge in [-0.05, 0) is 19.1 Å². The zero-order valence-electron chi connectivity index (χ0n) is 17.1. The quantitative estimate of drug-likeness (QED) is 0.518. The number of alkyl halides is 3. The summed E-state index contributed by atoms with van der Waals surface area (Å²) in [5.74, 6) is -0.929. The highest BCUT2D eigenvalue weighted by Gasteiger charge is 2.33. The van der Waals surface area contributed by atoms with Gasteiger partial charge in [0, 0.05) is 28.8 Å². The molecule has 33 heavy (non-hydrogen) atoms. The maximum atomic E-state index is 13.2. The highest BCUT2D eigenvalue weighted by atomic mass is 32.2. The molecule has 2 aromatic heterocycles. The minimum atomic E-state index is -4.63. The number of thioether (sulfide) groups is 1. The normalized spacial score (nSPS) is 11.4. The van der Waals surface area contributed by atoms with Crippen LogP contribution in [-0.4, -0.2) is 38.9 Å². The van der Waals surface area contributed by atoms with Crippen LogP contribution in [0.5, 0.6) is 0 Å². The Labute approximate surface area is 188 Å². The lowest BCUT2D eigenvalue weighted by atomic mass is 10.2. The Balaban J connectivity index is 1.82. The molecule has 0 saturated heterocycles. The standard InChI is InChI=1S/C20H17F3N4O5S/c1-2-32-19(31)26-17(29)12-10-27(18(30)25-16(12)28)7-8-33-14-9-15(20(21,22)23)24-13-6-4-3-5-11(13)14/h3-6,9-10H,2,7-8H2,1H3,(H,25,28,30)(H,26,29,31). The van der Waals surface area contributed by atoms with Crippen LogP contribution in [0.3, 0.4) is 0 Å². The van der Waals surface area contributed by atoms with Crippen molar-refractivity contribution in [3.05, 3.63) is 68.6 Å². The molecule has 2 N–H and O–H groups in total. The number of aromatic nitrogens is 3. The maximum Gasteiger partial charge on any atom is 0.433 e. The minimum absolute atomic E-state index is 0.00589. The number of para-hydroxylation sites is 1. The number of amides is 2. The summed E-state index contributed by atoms with van der Waals surface area (Å²) in [6.07, 6.45) is -4.71. The van der Waals surface area contributed by atoms with E-state index in [1.54, 1.807) is 18.2 Å². The van der Waals surface area contributed by atoms with Crippen LogP contribution in [0.2, 0.25) is 0 Å². The fraction of sp³-hybridized carbons (Fsp3) is 0.250. The summed E-state index contributed by atoms with van der Waals surface area (Å²) in [6, 6.07) is 7.28. The van der Waals surface area contributed by atoms with Gasteiger partial charge in [-0.1, -0.05) is 18.2 Å². The largest absolute Gasteiger partial charge is 0.450 e. The molecule has 0 radical (unpaired) electrons. The van der Waals surface area contributed by atoms with Crippen molar-refractivity contribution in [2.45, 2.75) is 24.5 Å². The molecule has 0 unspecified atom stereocenters. The lowest BCUT2D eigenvalue weighted by molar-refractivity contribution is -0.141. The highest BCUT2D eigenvalue weighted by Crippen LogP contribution is 2.34. The van der Waals surface area contributed by atoms with E-state index in [1.165, 1.54) is 13.0 Å². The molecule has 0 fully saturated rings. The number of imide groups is 1. The van der Waals surface area contributed by atoms with Gasteiger partial charge in [0.2, 0.25) is 0 Å². The van der Waals surface area contributed by atoms with Crippen LogP contribution in [0, 0.1) is 0 Å². The van der Waals surface area contributed by atoms with E-state index in [1.807, 2.05) is 10.3 Å². The third-order valence-corrected chi connectivity index (χ3v) is 5.34. The highest BCUT2D eigenvalue weighted by molar-refractivity contribution is 7.99. The molecule has 9 nitrogen and oxygen atoms in total. The zero-order chi connectivity index (χ0) is 24.2. The number of carbonyl (C=O) groups excluding carboxylic acids is 2. The SMILES string of the molecule is CCOC(=O)NC(=O)c1cn(CCSc2cc(C(F)(F)F)nc3ccccc23)c(=O)[nH]c1=O. The second-order valence-corrected chi connectivity index (χ2v) is 7.68. The zero-order valence-corrected chi connectivity index (χ0v) is 17.9. The summed E-state index contributed by atoms with van der Waals surface area (Å²) >= 11 is 1.05. The van der Waals surface area contributed by atoms with Crippen molar-refractivity contribution in [3.8, 4) is 0 Å². The summed E-state index contributed by atoms with van der Waals surface area (Å²) in [4.78, 5) is 53.5. The topological polar surface area (TPSA) is 123 Å². The second kappa shape index (κ2) is 9.90. The van der Waals surface area contributed by atoms with Crippen LogP contribution >= 0.6 is 11.8 Å². The first-order valence-corrected chi connectivity index (χ1v) is 10.5. The van der Waals surface area contributed by atoms with Gasteiger partial charge in [0.25, 0.3) is 11.5 Å². The number of nitrogens with zero attached hydrogens (tertiary/aromatic N) is 2. The number of nitrogens with one attached hydrogen (secondary N) is 2. The monoisotopic (exact) mass is 482 g/mol. The van der Waals surface area contributed by atoms with Gasteiger partial charge in [0.15, 0.2) is 0 Å². The number of benzene rings is 1. The van der Waals surface area contributed by atoms with E-state index in [4.69, 9.17) is 0 Å². The van der Waals surface area contributed by atoms with E-state index in [0.29, 0.717) is 10.3 Å². The van der Waals surface area contributed by atoms with Crippen molar-refractivity contribution in [2.24, 2.45) is 0 Å². The van der Waals surface area contributed by atoms with Crippen LogP contribution in [0.4, 0.5) is 18.0 Å². The number of hydrogen-bond donors (Lipinski definition) is 2. The average molecular weight is 482 g/mol. The van der Waals surface area contributed by atoms with E-state index >= 15 is 0 Å². The molecule has 3 rings (SSSR count). The maximum absolute atomic E-state index is 13.2. The molecule has 0 spiro atoms. The predicted molar refractivity (Wildman–Crippen MR) is 113 cm³/mol. The van der Waals surface area contributed by atoms with Gasteiger partial charge < -0.3 is 4.74 Å². The number of ether oxygens (including phenoxy) is 1. The Bertz CT molecular complexity index is 1320. The summed E-state index contributed by atoms with van der Waals surface area (Å²) in [6.45, 7) is 1.49. The van der Waals surface area contributed by atoms with Crippen LogP contribution in [0.1, 0.15) is 23.0 Å². The van der Waals surface area contributed by atoms with Crippen molar-refractivity contribution < 1.29 is 27.5 Å². The number of halogens is 3. The molecule has 13 heteroatoms. The first-order chi connectivity index (χ1) is 15.6. The van der Waals surface area contributed by atoms with Crippen molar-refractivity contribution in [1.82, 2.24) is 19.9 Å². The van der Waals surface area contributed by atoms with E-state index in [0.717, 1.165) is 28.6 Å². The summed E-state index contributed by atoms with van der Waals surface area (Å²) < 4.78 is 45.2. The van der Waals surface area contributed by atoms with Gasteiger partial charge in [-0.3, -0.25) is 24.5 Å². The number of hydrogen-bond acceptors (Lipinski definition) is 7. The summed E-state index contributed by atoms with van der Waals surface area (Å²) in [7, 11) is 0. The molecular formula is C20H17F3N4O5S. The minimum Gasteiger partial charge on any atom is -0.450 e. The fourth-order valence-corrected chi connectivity index (χ4v) is 3.86. The van der Waals surface area contributed by atoms with E-state index in [2.05, 4.69) is 9.72 Å². The Kier molecular flexibility index (Phi) is 7.21. The van der Waals surface area contributed by atoms with Gasteiger partial charge in [0.1, 0.15) is 11.3 Å². The smallest absolute Gasteiger partial charge is 0.433 e. The van der Waals surface area contributed by atoms with Crippen LogP contribution in [-0.2, 0) is 17.5 Å². The van der Waals surface area contributed by atoms with Crippen LogP contribution < -0.4 is 16.6 Å². The van der Waals surface area contributed by atoms with Crippen molar-refractivity contribution >= 4 is 34.7 Å². The number of carbonyl (C=O) groups is 2. The Hall–Kier alpha value is -3.61. The molecule has 0 atom stereocenters. The number of rotatable bonds is 6. The van der Waals surface area contributed by atoms with E-state index in [-0.39, 0.29) is 24.4 Å². The molecule has 3 aromatic rings. The van der Waals surface area contributed by atoms with Crippen LogP contribution in [0.25, 0.3) is 10.9 Å². The van der Waals surface area contributed by atoms with Gasteiger partial charge in [-0.2, -0.15) is 13.2 Å². The number of pyridine rings is 1. The molecule has 0 aliphatic heterocycles. The molecular weight excluding hydrogens is 465 g/mol. The van der Waals surface area contributed by atoms with Gasteiger partial charge in [-0.15, -0.1) is 11.8 Å². The second-order valence-electron chi connectivity index (χ2n) is 6.54. The van der Waals surface area contributed by atoms with Crippen molar-refractivity contribution in [2.75, 3.05) is 12.4 Å². The van der Waals surface area contributed by atoms with E-state index < -0.39 is 40.7 Å². The lowest BCUT2D eigenvalue weighted by Crippen LogP contribution is -2.39. The lowest BCUT2D eigenvalue weighted by Gasteiger charge is -2.12. The predicted octanol–water partition coefficient (Wildman–Crippen LogP) is 2.78. The van der Waals surface area contributed by atoms with Crippen molar-refractivity contribution in [3.63, 3.8) is 0 Å². The van der Waals surface area contributed by atoms with Gasteiger partial charge in [-0.25, -0.2) is 14.6 Å². The summed E-state index contributed by atoms with van der Waals surface area (Å²) in [5, 5.41) is 2.37. The fourth-order valence-electron chi connectivity index (χ4n) is 2.83. The first-order valence-electron chi connectivity index (χ1n) is 9.51. The van der Waals surface area contributed by atoms with Gasteiger partial charge in [0.05, 0.1) is 12.1 Å². The number of alkyl carbamates (subject to hydrolysis) is 1. The Morgan fingerprint density at radius 2 is 1.97 bits per heavy atom. The molecule has 0 bridgehead atoms. The summed E-state index contributed by atoms with van der Waals surface area (Å²) in [5.41, 5.74) is -3.18. The molecule has 0 aliphatic rings. The average Bonchev–Trinajstić information content (AvgIpc) is 2.74. The number of aromatic amines is 1. The van der Waals surface area contributed by atoms with Crippen LogP contribution in [0.15, 0.2) is 51.0 Å². The molecule has 2 amide bonds. The van der Waals surface area contributed by atoms with Gasteiger partial charge >= 0.3 is 18.0 Å². The van der Waals surface area contributed by atoms with Crippen molar-refractivity contribution in [1.29, 1.82) is 0 Å². The molecule has 1 aromatic carbocycles. The van der Waals surface area contributed by atoms with E-state index in [9.17, 15) is 32.3 Å². The molecule has 0 aliphatic carbocycles. The molecule has 2 heterocycles. The number of aryl methyl sites for hydroxylation is 1. The Morgan fingerprint density at radius 3 is 2.67 bits per heavy atom. The molecule has 0 saturated carbocycles. The third kappa shape index (κ3) is 5.80. The molecule has 174 valence electrons. The third-order valence-electron chi connectivity index (χ3n) is 4.30. The number of fused-ring (bicyclic) bond motifs is 1. The number of H-pyrrole nitrogens is 1. The first kappa shape index (κ1) is 24.0.